The van der Waals surface area contributed by atoms with Crippen LogP contribution < -0.4 is 5.32 Å². The van der Waals surface area contributed by atoms with E-state index in [2.05, 4.69) is 22.6 Å². The van der Waals surface area contributed by atoms with Crippen molar-refractivity contribution in [2.24, 2.45) is 0 Å². The molecule has 20 heavy (non-hydrogen) atoms. The molecule has 0 radical (unpaired) electrons. The average molecular weight is 297 g/mol. The van der Waals surface area contributed by atoms with Gasteiger partial charge >= 0.3 is 0 Å². The zero-order chi connectivity index (χ0) is 14.7. The van der Waals surface area contributed by atoms with Crippen molar-refractivity contribution in [3.63, 3.8) is 0 Å². The van der Waals surface area contributed by atoms with E-state index < -0.39 is 5.82 Å². The van der Waals surface area contributed by atoms with E-state index in [1.54, 1.807) is 12.1 Å². The lowest BCUT2D eigenvalue weighted by Crippen LogP contribution is -2.20. The molecule has 0 saturated heterocycles. The van der Waals surface area contributed by atoms with Gasteiger partial charge < -0.3 is 5.32 Å². The summed E-state index contributed by atoms with van der Waals surface area (Å²) in [6, 6.07) is 4.60. The quantitative estimate of drug-likeness (QED) is 0.919. The third-order valence-electron chi connectivity index (χ3n) is 3.18. The molecule has 6 heteroatoms. The van der Waals surface area contributed by atoms with Crippen LogP contribution >= 0.6 is 11.6 Å². The second-order valence-electron chi connectivity index (χ2n) is 4.74. The van der Waals surface area contributed by atoms with E-state index in [0.29, 0.717) is 10.7 Å². The molecule has 0 spiro atoms. The van der Waals surface area contributed by atoms with Crippen LogP contribution in [0, 0.1) is 12.7 Å². The summed E-state index contributed by atoms with van der Waals surface area (Å²) in [5.74, 6) is -0.411. The molecule has 4 nitrogen and oxygen atoms in total. The maximum atomic E-state index is 13.9. The van der Waals surface area contributed by atoms with E-state index in [0.717, 1.165) is 24.4 Å². The molecule has 1 atom stereocenters. The Labute approximate surface area is 122 Å². The normalized spacial score (nSPS) is 12.7. The molecule has 0 aliphatic rings. The van der Waals surface area contributed by atoms with E-state index in [1.165, 1.54) is 10.7 Å². The monoisotopic (exact) mass is 296 g/mol. The van der Waals surface area contributed by atoms with Crippen LogP contribution in [0.5, 0.6) is 0 Å². The Balaban J connectivity index is 2.33. The summed E-state index contributed by atoms with van der Waals surface area (Å²) in [5.41, 5.74) is 2.00. The first-order chi connectivity index (χ1) is 9.54. The first kappa shape index (κ1) is 14.9. The molecule has 0 aliphatic heterocycles. The van der Waals surface area contributed by atoms with E-state index >= 15 is 0 Å². The standard InChI is InChI=1S/C14H18ClFN4/c1-4-7-17-9(2)14-10(3)20(19-18-14)13-6-5-11(15)8-12(13)16/h5-6,8-9,17H,4,7H2,1-3H3. The van der Waals surface area contributed by atoms with Gasteiger partial charge in [0, 0.05) is 5.02 Å². The van der Waals surface area contributed by atoms with Crippen LogP contribution in [0.4, 0.5) is 4.39 Å². The lowest BCUT2D eigenvalue weighted by atomic mass is 10.2. The highest BCUT2D eigenvalue weighted by atomic mass is 35.5. The summed E-state index contributed by atoms with van der Waals surface area (Å²) in [4.78, 5) is 0. The van der Waals surface area contributed by atoms with Gasteiger partial charge in [0.2, 0.25) is 0 Å². The first-order valence-electron chi connectivity index (χ1n) is 6.65. The fourth-order valence-electron chi connectivity index (χ4n) is 2.08. The second-order valence-corrected chi connectivity index (χ2v) is 5.18. The molecule has 0 aliphatic carbocycles. The maximum Gasteiger partial charge on any atom is 0.150 e. The molecule has 2 rings (SSSR count). The third-order valence-corrected chi connectivity index (χ3v) is 3.41. The van der Waals surface area contributed by atoms with Crippen LogP contribution in [0.3, 0.4) is 0 Å². The maximum absolute atomic E-state index is 13.9. The smallest absolute Gasteiger partial charge is 0.150 e. The van der Waals surface area contributed by atoms with Crippen molar-refractivity contribution in [1.82, 2.24) is 20.3 Å². The van der Waals surface area contributed by atoms with Crippen molar-refractivity contribution in [2.75, 3.05) is 6.54 Å². The van der Waals surface area contributed by atoms with E-state index in [-0.39, 0.29) is 6.04 Å². The number of benzene rings is 1. The van der Waals surface area contributed by atoms with Gasteiger partial charge in [-0.2, -0.15) is 0 Å². The topological polar surface area (TPSA) is 42.7 Å². The van der Waals surface area contributed by atoms with Gasteiger partial charge in [-0.3, -0.25) is 0 Å². The van der Waals surface area contributed by atoms with Crippen LogP contribution in [0.15, 0.2) is 18.2 Å². The molecule has 1 N–H and O–H groups in total. The molecular weight excluding hydrogens is 279 g/mol. The number of nitrogens with zero attached hydrogens (tertiary/aromatic N) is 3. The highest BCUT2D eigenvalue weighted by molar-refractivity contribution is 6.30. The Kier molecular flexibility index (Phi) is 4.73. The highest BCUT2D eigenvalue weighted by Gasteiger charge is 2.17. The zero-order valence-corrected chi connectivity index (χ0v) is 12.6. The number of halogens is 2. The van der Waals surface area contributed by atoms with Crippen molar-refractivity contribution in [2.45, 2.75) is 33.2 Å². The first-order valence-corrected chi connectivity index (χ1v) is 7.03. The number of hydrogen-bond acceptors (Lipinski definition) is 3. The van der Waals surface area contributed by atoms with Crippen LogP contribution in [-0.4, -0.2) is 21.5 Å². The molecule has 0 bridgehead atoms. The van der Waals surface area contributed by atoms with Crippen molar-refractivity contribution in [1.29, 1.82) is 0 Å². The van der Waals surface area contributed by atoms with Gasteiger partial charge in [-0.25, -0.2) is 9.07 Å². The Hall–Kier alpha value is -1.46. The Morgan fingerprint density at radius 3 is 2.85 bits per heavy atom. The van der Waals surface area contributed by atoms with Gasteiger partial charge in [0.05, 0.1) is 11.7 Å². The minimum Gasteiger partial charge on any atom is -0.309 e. The molecule has 1 heterocycles. The lowest BCUT2D eigenvalue weighted by Gasteiger charge is -2.11. The van der Waals surface area contributed by atoms with Crippen molar-refractivity contribution in [3.8, 4) is 5.69 Å². The number of nitrogens with one attached hydrogen (secondary N) is 1. The Bertz CT molecular complexity index is 597. The van der Waals surface area contributed by atoms with Crippen LogP contribution in [-0.2, 0) is 0 Å². The number of hydrogen-bond donors (Lipinski definition) is 1. The summed E-state index contributed by atoms with van der Waals surface area (Å²) in [5, 5.41) is 11.9. The second kappa shape index (κ2) is 6.33. The van der Waals surface area contributed by atoms with E-state index in [4.69, 9.17) is 11.6 Å². The summed E-state index contributed by atoms with van der Waals surface area (Å²) < 4.78 is 15.4. The van der Waals surface area contributed by atoms with Crippen molar-refractivity contribution >= 4 is 11.6 Å². The molecule has 1 unspecified atom stereocenters. The minimum absolute atomic E-state index is 0.0825. The molecule has 108 valence electrons. The molecule has 2 aromatic rings. The average Bonchev–Trinajstić information content (AvgIpc) is 2.78. The fourth-order valence-corrected chi connectivity index (χ4v) is 2.24. The summed E-state index contributed by atoms with van der Waals surface area (Å²) in [6.45, 7) is 6.91. The summed E-state index contributed by atoms with van der Waals surface area (Å²) in [7, 11) is 0. The third kappa shape index (κ3) is 2.99. The highest BCUT2D eigenvalue weighted by Crippen LogP contribution is 2.21. The van der Waals surface area contributed by atoms with Crippen molar-refractivity contribution in [3.05, 3.63) is 40.4 Å². The van der Waals surface area contributed by atoms with E-state index in [9.17, 15) is 4.39 Å². The molecule has 0 saturated carbocycles. The van der Waals surface area contributed by atoms with Gasteiger partial charge in [0.1, 0.15) is 17.2 Å². The van der Waals surface area contributed by atoms with Gasteiger partial charge in [-0.15, -0.1) is 5.10 Å². The predicted molar refractivity (Wildman–Crippen MR) is 77.8 cm³/mol. The van der Waals surface area contributed by atoms with Crippen LogP contribution in [0.25, 0.3) is 5.69 Å². The number of rotatable bonds is 5. The summed E-state index contributed by atoms with van der Waals surface area (Å²) in [6.07, 6.45) is 1.04. The van der Waals surface area contributed by atoms with Gasteiger partial charge in [-0.1, -0.05) is 23.7 Å². The van der Waals surface area contributed by atoms with Gasteiger partial charge in [-0.05, 0) is 45.0 Å². The van der Waals surface area contributed by atoms with Crippen LogP contribution in [0.2, 0.25) is 5.02 Å². The zero-order valence-electron chi connectivity index (χ0n) is 11.8. The molecule has 0 amide bonds. The molecule has 0 fully saturated rings. The minimum atomic E-state index is -0.411. The van der Waals surface area contributed by atoms with Crippen molar-refractivity contribution < 1.29 is 4.39 Å². The largest absolute Gasteiger partial charge is 0.309 e. The predicted octanol–water partition coefficient (Wildman–Crippen LogP) is 3.43. The Morgan fingerprint density at radius 1 is 1.45 bits per heavy atom. The fraction of sp³-hybridized carbons (Fsp3) is 0.429. The van der Waals surface area contributed by atoms with Gasteiger partial charge in [0.25, 0.3) is 0 Å². The Morgan fingerprint density at radius 2 is 2.20 bits per heavy atom. The molecule has 1 aromatic carbocycles. The SMILES string of the molecule is CCCNC(C)c1nnn(-c2ccc(Cl)cc2F)c1C. The number of aromatic nitrogens is 3. The molecule has 1 aromatic heterocycles. The van der Waals surface area contributed by atoms with E-state index in [1.807, 2.05) is 13.8 Å². The van der Waals surface area contributed by atoms with Gasteiger partial charge in [0.15, 0.2) is 0 Å². The molecular formula is C14H18ClFN4. The summed E-state index contributed by atoms with van der Waals surface area (Å²) >= 11 is 5.76. The lowest BCUT2D eigenvalue weighted by molar-refractivity contribution is 0.555. The van der Waals surface area contributed by atoms with Crippen LogP contribution in [0.1, 0.15) is 37.7 Å².